The molecule has 0 bridgehead atoms. The molecule has 7 nitrogen and oxygen atoms in total. The van der Waals surface area contributed by atoms with Crippen molar-refractivity contribution < 1.29 is 15.1 Å². The second-order valence-electron chi connectivity index (χ2n) is 3.01. The molecule has 0 unspecified atom stereocenters. The van der Waals surface area contributed by atoms with Gasteiger partial charge in [0.2, 0.25) is 5.75 Å². The van der Waals surface area contributed by atoms with Crippen molar-refractivity contribution in [1.82, 2.24) is 5.43 Å². The lowest BCUT2D eigenvalue weighted by molar-refractivity contribution is -0.385. The summed E-state index contributed by atoms with van der Waals surface area (Å²) in [6, 6.07) is 2.39. The van der Waals surface area contributed by atoms with Crippen molar-refractivity contribution in [3.8, 4) is 5.75 Å². The number of phenols is 1. The molecule has 17 heavy (non-hydrogen) atoms. The number of aliphatic hydroxyl groups is 1. The molecule has 8 heteroatoms. The quantitative estimate of drug-likeness (QED) is 0.315. The number of hydrogen-bond donors (Lipinski definition) is 3. The topological polar surface area (TPSA) is 108 Å². The van der Waals surface area contributed by atoms with Gasteiger partial charge >= 0.3 is 5.69 Å². The van der Waals surface area contributed by atoms with Crippen molar-refractivity contribution in [1.29, 1.82) is 0 Å². The average molecular weight is 260 g/mol. The second kappa shape index (κ2) is 6.02. The molecule has 0 amide bonds. The lowest BCUT2D eigenvalue weighted by Gasteiger charge is -2.01. The van der Waals surface area contributed by atoms with E-state index < -0.39 is 16.4 Å². The van der Waals surface area contributed by atoms with Gasteiger partial charge in [0.15, 0.2) is 0 Å². The van der Waals surface area contributed by atoms with E-state index in [9.17, 15) is 15.2 Å². The SMILES string of the molecule is O=[N+]([O-])c1cc(Cl)cc(/C=N/NCCO)c1O. The van der Waals surface area contributed by atoms with E-state index in [1.165, 1.54) is 12.3 Å². The molecule has 92 valence electrons. The van der Waals surface area contributed by atoms with Crippen LogP contribution in [0.5, 0.6) is 5.75 Å². The van der Waals surface area contributed by atoms with Gasteiger partial charge in [-0.2, -0.15) is 5.10 Å². The third-order valence-electron chi connectivity index (χ3n) is 1.80. The third-order valence-corrected chi connectivity index (χ3v) is 2.02. The maximum Gasteiger partial charge on any atom is 0.312 e. The molecule has 0 saturated carbocycles. The van der Waals surface area contributed by atoms with Gasteiger partial charge < -0.3 is 15.6 Å². The van der Waals surface area contributed by atoms with Crippen LogP contribution in [0.1, 0.15) is 5.56 Å². The Morgan fingerprint density at radius 3 is 2.88 bits per heavy atom. The van der Waals surface area contributed by atoms with Crippen LogP contribution in [0.15, 0.2) is 17.2 Å². The predicted octanol–water partition coefficient (Wildman–Crippen LogP) is 0.870. The summed E-state index contributed by atoms with van der Waals surface area (Å²) >= 11 is 5.67. The summed E-state index contributed by atoms with van der Waals surface area (Å²) in [5.41, 5.74) is 2.11. The molecular weight excluding hydrogens is 250 g/mol. The highest BCUT2D eigenvalue weighted by Gasteiger charge is 2.17. The lowest BCUT2D eigenvalue weighted by atomic mass is 10.2. The molecule has 1 aromatic carbocycles. The summed E-state index contributed by atoms with van der Waals surface area (Å²) in [7, 11) is 0. The van der Waals surface area contributed by atoms with Gasteiger partial charge in [0.05, 0.1) is 24.3 Å². The van der Waals surface area contributed by atoms with Crippen LogP contribution in [-0.2, 0) is 0 Å². The van der Waals surface area contributed by atoms with E-state index in [1.807, 2.05) is 0 Å². The standard InChI is InChI=1S/C9H10ClN3O4/c10-7-3-6(5-12-11-1-2-14)9(15)8(4-7)13(16)17/h3-5,11,14-15H,1-2H2/b12-5+. The summed E-state index contributed by atoms with van der Waals surface area (Å²) in [5.74, 6) is -0.506. The van der Waals surface area contributed by atoms with Crippen molar-refractivity contribution >= 4 is 23.5 Å². The van der Waals surface area contributed by atoms with Gasteiger partial charge in [-0.25, -0.2) is 0 Å². The van der Waals surface area contributed by atoms with Crippen LogP contribution in [0, 0.1) is 10.1 Å². The first-order valence-electron chi connectivity index (χ1n) is 4.60. The van der Waals surface area contributed by atoms with Crippen LogP contribution in [0.2, 0.25) is 5.02 Å². The number of nitrogens with zero attached hydrogens (tertiary/aromatic N) is 2. The molecule has 1 aromatic rings. The summed E-state index contributed by atoms with van der Waals surface area (Å²) in [6.07, 6.45) is 1.18. The molecule has 3 N–H and O–H groups in total. The largest absolute Gasteiger partial charge is 0.502 e. The highest BCUT2D eigenvalue weighted by molar-refractivity contribution is 6.31. The van der Waals surface area contributed by atoms with Gasteiger partial charge in [-0.05, 0) is 6.07 Å². The van der Waals surface area contributed by atoms with Gasteiger partial charge in [0.1, 0.15) is 0 Å². The highest BCUT2D eigenvalue weighted by atomic mass is 35.5. The molecule has 0 aliphatic carbocycles. The fourth-order valence-corrected chi connectivity index (χ4v) is 1.29. The molecular formula is C9H10ClN3O4. The number of hydrazone groups is 1. The maximum atomic E-state index is 10.6. The fourth-order valence-electron chi connectivity index (χ4n) is 1.07. The van der Waals surface area contributed by atoms with Crippen molar-refractivity contribution in [3.63, 3.8) is 0 Å². The van der Waals surface area contributed by atoms with Gasteiger partial charge in [-0.3, -0.25) is 10.1 Å². The van der Waals surface area contributed by atoms with E-state index in [0.29, 0.717) is 0 Å². The van der Waals surface area contributed by atoms with Gasteiger partial charge in [-0.15, -0.1) is 0 Å². The molecule has 0 heterocycles. The van der Waals surface area contributed by atoms with Gasteiger partial charge in [0, 0.05) is 16.7 Å². The first-order chi connectivity index (χ1) is 8.06. The smallest absolute Gasteiger partial charge is 0.312 e. The maximum absolute atomic E-state index is 10.6. The monoisotopic (exact) mass is 259 g/mol. The normalized spacial score (nSPS) is 10.7. The Kier molecular flexibility index (Phi) is 4.68. The van der Waals surface area contributed by atoms with E-state index in [0.717, 1.165) is 6.07 Å². The average Bonchev–Trinajstić information content (AvgIpc) is 2.28. The number of halogens is 1. The minimum absolute atomic E-state index is 0.0982. The predicted molar refractivity (Wildman–Crippen MR) is 62.5 cm³/mol. The summed E-state index contributed by atoms with van der Waals surface area (Å²) in [6.45, 7) is 0.138. The Bertz CT molecular complexity index is 450. The zero-order valence-electron chi connectivity index (χ0n) is 8.63. The summed E-state index contributed by atoms with van der Waals surface area (Å²) < 4.78 is 0. The van der Waals surface area contributed by atoms with Crippen LogP contribution in [0.4, 0.5) is 5.69 Å². The minimum Gasteiger partial charge on any atom is -0.502 e. The Morgan fingerprint density at radius 1 is 1.59 bits per heavy atom. The Labute approximate surface area is 101 Å². The Morgan fingerprint density at radius 2 is 2.29 bits per heavy atom. The first-order valence-corrected chi connectivity index (χ1v) is 4.97. The molecule has 0 fully saturated rings. The van der Waals surface area contributed by atoms with Crippen LogP contribution < -0.4 is 5.43 Å². The number of phenolic OH excluding ortho intramolecular Hbond substituents is 1. The summed E-state index contributed by atoms with van der Waals surface area (Å²) in [5, 5.41) is 32.4. The van der Waals surface area contributed by atoms with Crippen molar-refractivity contribution in [2.75, 3.05) is 13.2 Å². The number of aliphatic hydroxyl groups excluding tert-OH is 1. The number of nitrogens with one attached hydrogen (secondary N) is 1. The number of hydrogen-bond acceptors (Lipinski definition) is 6. The van der Waals surface area contributed by atoms with E-state index in [-0.39, 0.29) is 23.7 Å². The number of benzene rings is 1. The number of nitro groups is 1. The van der Waals surface area contributed by atoms with Crippen molar-refractivity contribution in [2.45, 2.75) is 0 Å². The van der Waals surface area contributed by atoms with Gasteiger partial charge in [-0.1, -0.05) is 11.6 Å². The number of nitro benzene ring substituents is 1. The molecule has 0 radical (unpaired) electrons. The number of rotatable bonds is 5. The molecule has 0 aliphatic heterocycles. The fraction of sp³-hybridized carbons (Fsp3) is 0.222. The second-order valence-corrected chi connectivity index (χ2v) is 3.45. The van der Waals surface area contributed by atoms with Crippen LogP contribution in [-0.4, -0.2) is 34.5 Å². The first kappa shape index (κ1) is 13.2. The molecule has 0 atom stereocenters. The highest BCUT2D eigenvalue weighted by Crippen LogP contribution is 2.32. The zero-order valence-corrected chi connectivity index (χ0v) is 9.39. The molecule has 1 rings (SSSR count). The van der Waals surface area contributed by atoms with Crippen LogP contribution in [0.3, 0.4) is 0 Å². The molecule has 0 aromatic heterocycles. The Balaban J connectivity index is 2.99. The van der Waals surface area contributed by atoms with Gasteiger partial charge in [0.25, 0.3) is 0 Å². The van der Waals surface area contributed by atoms with E-state index >= 15 is 0 Å². The molecule has 0 spiro atoms. The molecule has 0 aliphatic rings. The van der Waals surface area contributed by atoms with E-state index in [2.05, 4.69) is 10.5 Å². The Hall–Kier alpha value is -1.86. The summed E-state index contributed by atoms with van der Waals surface area (Å²) in [4.78, 5) is 9.86. The van der Waals surface area contributed by atoms with E-state index in [4.69, 9.17) is 16.7 Å². The van der Waals surface area contributed by atoms with E-state index in [1.54, 1.807) is 0 Å². The van der Waals surface area contributed by atoms with Crippen LogP contribution >= 0.6 is 11.6 Å². The third kappa shape index (κ3) is 3.58. The van der Waals surface area contributed by atoms with Crippen molar-refractivity contribution in [3.05, 3.63) is 32.8 Å². The van der Waals surface area contributed by atoms with Crippen LogP contribution in [0.25, 0.3) is 0 Å². The van der Waals surface area contributed by atoms with Crippen molar-refractivity contribution in [2.24, 2.45) is 5.10 Å². The molecule has 0 saturated heterocycles. The lowest BCUT2D eigenvalue weighted by Crippen LogP contribution is -2.11. The number of aromatic hydroxyl groups is 1. The zero-order chi connectivity index (χ0) is 12.8. The minimum atomic E-state index is -0.736.